The number of ether oxygens (including phenoxy) is 2. The zero-order chi connectivity index (χ0) is 8.10. The van der Waals surface area contributed by atoms with E-state index in [4.69, 9.17) is 20.3 Å². The standard InChI is InChI=1S/C7H15NO3/c8-1-2-10-7-3-6(4-9)5-11-7/h6-7,9H,1-5,8H2. The molecule has 1 aliphatic rings. The third kappa shape index (κ3) is 2.75. The quantitative estimate of drug-likeness (QED) is 0.573. The van der Waals surface area contributed by atoms with Gasteiger partial charge in [-0.25, -0.2) is 0 Å². The molecule has 1 heterocycles. The van der Waals surface area contributed by atoms with Gasteiger partial charge in [0.25, 0.3) is 0 Å². The van der Waals surface area contributed by atoms with Crippen molar-refractivity contribution in [1.29, 1.82) is 0 Å². The Hall–Kier alpha value is -0.160. The molecular formula is C7H15NO3. The van der Waals surface area contributed by atoms with Crippen LogP contribution in [0.1, 0.15) is 6.42 Å². The average Bonchev–Trinajstić information content (AvgIpc) is 2.48. The highest BCUT2D eigenvalue weighted by Crippen LogP contribution is 2.19. The Morgan fingerprint density at radius 1 is 1.64 bits per heavy atom. The van der Waals surface area contributed by atoms with E-state index in [1.165, 1.54) is 0 Å². The lowest BCUT2D eigenvalue weighted by Gasteiger charge is -2.08. The summed E-state index contributed by atoms with van der Waals surface area (Å²) in [5, 5.41) is 8.75. The Balaban J connectivity index is 2.09. The summed E-state index contributed by atoms with van der Waals surface area (Å²) in [5.74, 6) is 0.248. The molecule has 0 bridgehead atoms. The molecule has 3 N–H and O–H groups in total. The summed E-state index contributed by atoms with van der Waals surface area (Å²) in [4.78, 5) is 0. The van der Waals surface area contributed by atoms with Crippen molar-refractivity contribution in [2.24, 2.45) is 11.7 Å². The van der Waals surface area contributed by atoms with Crippen LogP contribution in [0.3, 0.4) is 0 Å². The Kier molecular flexibility index (Phi) is 3.79. The molecule has 4 heteroatoms. The van der Waals surface area contributed by atoms with E-state index in [9.17, 15) is 0 Å². The molecule has 1 aliphatic heterocycles. The molecule has 66 valence electrons. The summed E-state index contributed by atoms with van der Waals surface area (Å²) < 4.78 is 10.4. The normalized spacial score (nSPS) is 31.1. The van der Waals surface area contributed by atoms with Crippen LogP contribution in [0.4, 0.5) is 0 Å². The van der Waals surface area contributed by atoms with Crippen LogP contribution in [-0.4, -0.2) is 37.8 Å². The number of aliphatic hydroxyl groups is 1. The molecule has 0 amide bonds. The zero-order valence-corrected chi connectivity index (χ0v) is 6.53. The molecule has 0 aromatic heterocycles. The molecule has 11 heavy (non-hydrogen) atoms. The molecule has 0 aromatic carbocycles. The minimum atomic E-state index is -0.143. The highest BCUT2D eigenvalue weighted by Gasteiger charge is 2.24. The van der Waals surface area contributed by atoms with Crippen molar-refractivity contribution < 1.29 is 14.6 Å². The maximum atomic E-state index is 8.75. The van der Waals surface area contributed by atoms with Gasteiger partial charge in [0.15, 0.2) is 6.29 Å². The fraction of sp³-hybridized carbons (Fsp3) is 1.00. The van der Waals surface area contributed by atoms with Gasteiger partial charge in [-0.15, -0.1) is 0 Å². The number of rotatable bonds is 4. The fourth-order valence-electron chi connectivity index (χ4n) is 1.09. The van der Waals surface area contributed by atoms with Gasteiger partial charge in [0.2, 0.25) is 0 Å². The molecule has 2 atom stereocenters. The minimum absolute atomic E-state index is 0.143. The van der Waals surface area contributed by atoms with Gasteiger partial charge in [0, 0.05) is 25.5 Å². The van der Waals surface area contributed by atoms with E-state index in [2.05, 4.69) is 0 Å². The van der Waals surface area contributed by atoms with E-state index in [0.29, 0.717) is 19.8 Å². The van der Waals surface area contributed by atoms with Gasteiger partial charge in [-0.3, -0.25) is 0 Å². The predicted octanol–water partition coefficient (Wildman–Crippen LogP) is -0.683. The molecule has 4 nitrogen and oxygen atoms in total. The van der Waals surface area contributed by atoms with Gasteiger partial charge in [-0.05, 0) is 0 Å². The van der Waals surface area contributed by atoms with Crippen molar-refractivity contribution in [3.05, 3.63) is 0 Å². The molecular weight excluding hydrogens is 146 g/mol. The first-order valence-corrected chi connectivity index (χ1v) is 3.91. The van der Waals surface area contributed by atoms with Crippen molar-refractivity contribution in [3.8, 4) is 0 Å². The van der Waals surface area contributed by atoms with Crippen molar-refractivity contribution in [1.82, 2.24) is 0 Å². The third-order valence-corrected chi connectivity index (χ3v) is 1.72. The summed E-state index contributed by atoms with van der Waals surface area (Å²) in [6.45, 7) is 1.83. The van der Waals surface area contributed by atoms with Crippen LogP contribution in [0.25, 0.3) is 0 Å². The Bertz CT molecular complexity index is 110. The summed E-state index contributed by atoms with van der Waals surface area (Å²) in [6.07, 6.45) is 0.645. The Labute approximate surface area is 66.3 Å². The van der Waals surface area contributed by atoms with Crippen molar-refractivity contribution in [3.63, 3.8) is 0 Å². The van der Waals surface area contributed by atoms with Gasteiger partial charge in [0.05, 0.1) is 13.2 Å². The van der Waals surface area contributed by atoms with Crippen molar-refractivity contribution >= 4 is 0 Å². The molecule has 1 fully saturated rings. The Morgan fingerprint density at radius 3 is 3.00 bits per heavy atom. The second kappa shape index (κ2) is 4.66. The van der Waals surface area contributed by atoms with Gasteiger partial charge < -0.3 is 20.3 Å². The second-order valence-corrected chi connectivity index (χ2v) is 2.71. The SMILES string of the molecule is NCCOC1CC(CO)CO1. The first-order chi connectivity index (χ1) is 5.36. The molecule has 0 saturated carbocycles. The number of hydrogen-bond acceptors (Lipinski definition) is 4. The summed E-state index contributed by atoms with van der Waals surface area (Å²) in [5.41, 5.74) is 5.24. The molecule has 0 aromatic rings. The summed E-state index contributed by atoms with van der Waals surface area (Å²) in [6, 6.07) is 0. The highest BCUT2D eigenvalue weighted by molar-refractivity contribution is 4.66. The molecule has 1 saturated heterocycles. The lowest BCUT2D eigenvalue weighted by molar-refractivity contribution is -0.108. The second-order valence-electron chi connectivity index (χ2n) is 2.71. The number of aliphatic hydroxyl groups excluding tert-OH is 1. The molecule has 1 rings (SSSR count). The topological polar surface area (TPSA) is 64.7 Å². The van der Waals surface area contributed by atoms with Gasteiger partial charge >= 0.3 is 0 Å². The van der Waals surface area contributed by atoms with Crippen LogP contribution in [0, 0.1) is 5.92 Å². The highest BCUT2D eigenvalue weighted by atomic mass is 16.7. The van der Waals surface area contributed by atoms with E-state index in [1.807, 2.05) is 0 Å². The fourth-order valence-corrected chi connectivity index (χ4v) is 1.09. The summed E-state index contributed by atoms with van der Waals surface area (Å²) >= 11 is 0. The minimum Gasteiger partial charge on any atom is -0.396 e. The summed E-state index contributed by atoms with van der Waals surface area (Å²) in [7, 11) is 0. The number of hydrogen-bond donors (Lipinski definition) is 2. The maximum absolute atomic E-state index is 8.75. The van der Waals surface area contributed by atoms with E-state index in [0.717, 1.165) is 6.42 Å². The van der Waals surface area contributed by atoms with Gasteiger partial charge in [-0.1, -0.05) is 0 Å². The zero-order valence-electron chi connectivity index (χ0n) is 6.53. The van der Waals surface area contributed by atoms with Crippen LogP contribution in [0.5, 0.6) is 0 Å². The van der Waals surface area contributed by atoms with E-state index < -0.39 is 0 Å². The van der Waals surface area contributed by atoms with Crippen LogP contribution in [0.15, 0.2) is 0 Å². The monoisotopic (exact) mass is 161 g/mol. The van der Waals surface area contributed by atoms with Gasteiger partial charge in [0.1, 0.15) is 0 Å². The predicted molar refractivity (Wildman–Crippen MR) is 39.9 cm³/mol. The molecule has 0 radical (unpaired) electrons. The average molecular weight is 161 g/mol. The maximum Gasteiger partial charge on any atom is 0.158 e. The van der Waals surface area contributed by atoms with Crippen LogP contribution in [-0.2, 0) is 9.47 Å². The van der Waals surface area contributed by atoms with Crippen LogP contribution < -0.4 is 5.73 Å². The molecule has 0 spiro atoms. The van der Waals surface area contributed by atoms with Crippen LogP contribution >= 0.6 is 0 Å². The number of nitrogens with two attached hydrogens (primary N) is 1. The third-order valence-electron chi connectivity index (χ3n) is 1.72. The smallest absolute Gasteiger partial charge is 0.158 e. The lowest BCUT2D eigenvalue weighted by atomic mass is 10.1. The van der Waals surface area contributed by atoms with E-state index >= 15 is 0 Å². The molecule has 0 aliphatic carbocycles. The first-order valence-electron chi connectivity index (χ1n) is 3.91. The van der Waals surface area contributed by atoms with E-state index in [-0.39, 0.29) is 18.8 Å². The van der Waals surface area contributed by atoms with Crippen LogP contribution in [0.2, 0.25) is 0 Å². The first kappa shape index (κ1) is 8.93. The van der Waals surface area contributed by atoms with Crippen molar-refractivity contribution in [2.45, 2.75) is 12.7 Å². The van der Waals surface area contributed by atoms with E-state index in [1.54, 1.807) is 0 Å². The Morgan fingerprint density at radius 2 is 2.45 bits per heavy atom. The lowest BCUT2D eigenvalue weighted by Crippen LogP contribution is -2.17. The van der Waals surface area contributed by atoms with Gasteiger partial charge in [-0.2, -0.15) is 0 Å². The largest absolute Gasteiger partial charge is 0.396 e. The van der Waals surface area contributed by atoms with Crippen molar-refractivity contribution in [2.75, 3.05) is 26.4 Å². The molecule has 2 unspecified atom stereocenters.